The van der Waals surface area contributed by atoms with Crippen LogP contribution in [0.3, 0.4) is 0 Å². The Kier molecular flexibility index (Phi) is 6.10. The first-order chi connectivity index (χ1) is 9.51. The number of nitrogens with zero attached hydrogens (tertiary/aromatic N) is 3. The van der Waals surface area contributed by atoms with Crippen LogP contribution < -0.4 is 10.6 Å². The number of ether oxygens (including phenoxy) is 1. The van der Waals surface area contributed by atoms with Gasteiger partial charge >= 0.3 is 12.0 Å². The van der Waals surface area contributed by atoms with Crippen LogP contribution in [0, 0.1) is 0 Å². The van der Waals surface area contributed by atoms with Crippen molar-refractivity contribution in [2.45, 2.75) is 13.0 Å². The quantitative estimate of drug-likeness (QED) is 0.512. The third-order valence-corrected chi connectivity index (χ3v) is 2.07. The number of hydrogen-bond acceptors (Lipinski definition) is 6. The van der Waals surface area contributed by atoms with Crippen molar-refractivity contribution in [1.82, 2.24) is 25.6 Å². The van der Waals surface area contributed by atoms with Gasteiger partial charge < -0.3 is 15.2 Å². The monoisotopic (exact) mass is 285 g/mol. The number of carbonyl (C=O) groups excluding carboxylic acids is 2. The second-order valence-corrected chi connectivity index (χ2v) is 3.77. The number of nitrogens with one attached hydrogen (secondary N) is 2. The Morgan fingerprint density at radius 1 is 1.45 bits per heavy atom. The minimum atomic E-state index is -1.04. The largest absolute Gasteiger partial charge is 0.481 e. The lowest BCUT2D eigenvalue weighted by atomic mass is 10.3. The number of carboxylic acid groups (broad SMARTS) is 1. The Balaban J connectivity index is 2.36. The predicted molar refractivity (Wildman–Crippen MR) is 64.8 cm³/mol. The van der Waals surface area contributed by atoms with Crippen molar-refractivity contribution in [3.05, 3.63) is 11.9 Å². The Bertz CT molecular complexity index is 486. The highest BCUT2D eigenvalue weighted by Crippen LogP contribution is 1.94. The zero-order valence-corrected chi connectivity index (χ0v) is 10.8. The number of carbonyl (C=O) groups is 3. The number of urea groups is 1. The standard InChI is InChI=1S/C10H15N5O5/c1-20-3-2-11-10(19)12-8(16)6-15-5-7(13-14-15)4-9(17)18/h5H,2-4,6H2,1H3,(H,17,18)(H2,11,12,16,19). The molecule has 0 atom stereocenters. The van der Waals surface area contributed by atoms with Crippen molar-refractivity contribution >= 4 is 17.9 Å². The zero-order chi connectivity index (χ0) is 15.0. The lowest BCUT2D eigenvalue weighted by Crippen LogP contribution is -2.42. The minimum absolute atomic E-state index is 0.231. The van der Waals surface area contributed by atoms with Crippen molar-refractivity contribution in [3.63, 3.8) is 0 Å². The molecule has 1 rings (SSSR count). The number of imide groups is 1. The molecule has 0 aliphatic carbocycles. The summed E-state index contributed by atoms with van der Waals surface area (Å²) in [6, 6.07) is -0.641. The van der Waals surface area contributed by atoms with Gasteiger partial charge in [-0.15, -0.1) is 5.10 Å². The summed E-state index contributed by atoms with van der Waals surface area (Å²) in [7, 11) is 1.49. The molecule has 3 N–H and O–H groups in total. The number of aromatic nitrogens is 3. The molecule has 110 valence electrons. The number of methoxy groups -OCH3 is 1. The molecule has 0 aromatic carbocycles. The molecule has 0 spiro atoms. The van der Waals surface area contributed by atoms with E-state index >= 15 is 0 Å². The Morgan fingerprint density at radius 3 is 2.85 bits per heavy atom. The fraction of sp³-hybridized carbons (Fsp3) is 0.500. The molecular formula is C10H15N5O5. The fourth-order valence-electron chi connectivity index (χ4n) is 1.28. The third kappa shape index (κ3) is 5.91. The van der Waals surface area contributed by atoms with Crippen molar-refractivity contribution in [1.29, 1.82) is 0 Å². The summed E-state index contributed by atoms with van der Waals surface area (Å²) in [6.07, 6.45) is 1.05. The van der Waals surface area contributed by atoms with E-state index in [1.807, 2.05) is 0 Å². The molecule has 0 saturated heterocycles. The third-order valence-electron chi connectivity index (χ3n) is 2.07. The summed E-state index contributed by atoms with van der Waals surface area (Å²) in [5.41, 5.74) is 0.231. The highest BCUT2D eigenvalue weighted by molar-refractivity contribution is 5.94. The maximum atomic E-state index is 11.5. The van der Waals surface area contributed by atoms with E-state index < -0.39 is 17.9 Å². The molecule has 10 heteroatoms. The first-order valence-electron chi connectivity index (χ1n) is 5.68. The van der Waals surface area contributed by atoms with Gasteiger partial charge in [0.05, 0.1) is 18.7 Å². The molecule has 0 aliphatic rings. The average Bonchev–Trinajstić information content (AvgIpc) is 2.75. The van der Waals surface area contributed by atoms with Crippen LogP contribution in [-0.4, -0.2) is 58.3 Å². The topological polar surface area (TPSA) is 135 Å². The van der Waals surface area contributed by atoms with Crippen molar-refractivity contribution in [2.24, 2.45) is 0 Å². The van der Waals surface area contributed by atoms with Crippen LogP contribution in [-0.2, 0) is 27.3 Å². The van der Waals surface area contributed by atoms with E-state index in [-0.39, 0.29) is 25.2 Å². The summed E-state index contributed by atoms with van der Waals surface area (Å²) in [5, 5.41) is 20.2. The molecule has 1 aromatic rings. The van der Waals surface area contributed by atoms with Crippen molar-refractivity contribution < 1.29 is 24.2 Å². The number of rotatable bonds is 7. The molecule has 3 amide bonds. The first-order valence-corrected chi connectivity index (χ1v) is 5.68. The predicted octanol–water partition coefficient (Wildman–Crippen LogP) is -1.62. The molecule has 0 radical (unpaired) electrons. The molecule has 1 heterocycles. The van der Waals surface area contributed by atoms with Crippen LogP contribution >= 0.6 is 0 Å². The summed E-state index contributed by atoms with van der Waals surface area (Å²) in [4.78, 5) is 33.2. The van der Waals surface area contributed by atoms with Gasteiger partial charge in [0.2, 0.25) is 5.91 Å². The molecule has 20 heavy (non-hydrogen) atoms. The first kappa shape index (κ1) is 15.6. The summed E-state index contributed by atoms with van der Waals surface area (Å²) in [6.45, 7) is 0.384. The normalized spacial score (nSPS) is 10.1. The van der Waals surface area contributed by atoms with Gasteiger partial charge in [-0.25, -0.2) is 9.48 Å². The molecule has 0 saturated carbocycles. The Labute approximate surface area is 114 Å². The van der Waals surface area contributed by atoms with E-state index in [1.165, 1.54) is 13.3 Å². The summed E-state index contributed by atoms with van der Waals surface area (Å²) in [5.74, 6) is -1.63. The van der Waals surface area contributed by atoms with Gasteiger partial charge in [0, 0.05) is 19.9 Å². The second kappa shape index (κ2) is 7.84. The molecule has 1 aromatic heterocycles. The molecule has 10 nitrogen and oxygen atoms in total. The number of carboxylic acids is 1. The van der Waals surface area contributed by atoms with E-state index in [0.29, 0.717) is 6.61 Å². The van der Waals surface area contributed by atoms with E-state index in [9.17, 15) is 14.4 Å². The molecule has 0 fully saturated rings. The van der Waals surface area contributed by atoms with Gasteiger partial charge in [0.15, 0.2) is 0 Å². The van der Waals surface area contributed by atoms with Gasteiger partial charge in [-0.05, 0) is 0 Å². The van der Waals surface area contributed by atoms with Gasteiger partial charge in [0.25, 0.3) is 0 Å². The smallest absolute Gasteiger partial charge is 0.321 e. The van der Waals surface area contributed by atoms with E-state index in [1.54, 1.807) is 0 Å². The molecule has 0 bridgehead atoms. The maximum Gasteiger partial charge on any atom is 0.321 e. The fourth-order valence-corrected chi connectivity index (χ4v) is 1.28. The van der Waals surface area contributed by atoms with Crippen LogP contribution in [0.25, 0.3) is 0 Å². The zero-order valence-electron chi connectivity index (χ0n) is 10.8. The van der Waals surface area contributed by atoms with Gasteiger partial charge in [-0.3, -0.25) is 14.9 Å². The van der Waals surface area contributed by atoms with Crippen LogP contribution in [0.5, 0.6) is 0 Å². The SMILES string of the molecule is COCCNC(=O)NC(=O)Cn1cc(CC(=O)O)nn1. The van der Waals surface area contributed by atoms with E-state index in [2.05, 4.69) is 20.9 Å². The van der Waals surface area contributed by atoms with Crippen molar-refractivity contribution in [2.75, 3.05) is 20.3 Å². The summed E-state index contributed by atoms with van der Waals surface area (Å²) >= 11 is 0. The average molecular weight is 285 g/mol. The lowest BCUT2D eigenvalue weighted by Gasteiger charge is -2.05. The highest BCUT2D eigenvalue weighted by Gasteiger charge is 2.10. The minimum Gasteiger partial charge on any atom is -0.481 e. The highest BCUT2D eigenvalue weighted by atomic mass is 16.5. The van der Waals surface area contributed by atoms with Crippen LogP contribution in [0.4, 0.5) is 4.79 Å². The number of aliphatic carboxylic acids is 1. The van der Waals surface area contributed by atoms with E-state index in [4.69, 9.17) is 9.84 Å². The molecular weight excluding hydrogens is 270 g/mol. The number of hydrogen-bond donors (Lipinski definition) is 3. The molecule has 0 aliphatic heterocycles. The Morgan fingerprint density at radius 2 is 2.20 bits per heavy atom. The van der Waals surface area contributed by atoms with Crippen LogP contribution in [0.1, 0.15) is 5.69 Å². The molecule has 0 unspecified atom stereocenters. The Hall–Kier alpha value is -2.49. The van der Waals surface area contributed by atoms with E-state index in [0.717, 1.165) is 4.68 Å². The second-order valence-electron chi connectivity index (χ2n) is 3.77. The number of amides is 3. The van der Waals surface area contributed by atoms with Gasteiger partial charge in [-0.2, -0.15) is 0 Å². The van der Waals surface area contributed by atoms with Gasteiger partial charge in [-0.1, -0.05) is 5.21 Å². The van der Waals surface area contributed by atoms with Gasteiger partial charge in [0.1, 0.15) is 6.54 Å². The van der Waals surface area contributed by atoms with Crippen LogP contribution in [0.15, 0.2) is 6.20 Å². The summed E-state index contributed by atoms with van der Waals surface area (Å²) < 4.78 is 5.88. The van der Waals surface area contributed by atoms with Crippen LogP contribution in [0.2, 0.25) is 0 Å². The maximum absolute atomic E-state index is 11.5. The van der Waals surface area contributed by atoms with Crippen molar-refractivity contribution in [3.8, 4) is 0 Å². The lowest BCUT2D eigenvalue weighted by molar-refractivity contribution is -0.136.